The molecule has 0 amide bonds. The Bertz CT molecular complexity index is 245. The molecule has 0 saturated heterocycles. The summed E-state index contributed by atoms with van der Waals surface area (Å²) in [5.74, 6) is 2.57. The smallest absolute Gasteiger partial charge is 0.338 e. The quantitative estimate of drug-likeness (QED) is 0.441. The van der Waals surface area contributed by atoms with E-state index in [2.05, 4.69) is 4.84 Å². The zero-order chi connectivity index (χ0) is 12.8. The van der Waals surface area contributed by atoms with Crippen LogP contribution in [0, 0.1) is 5.92 Å². The van der Waals surface area contributed by atoms with Gasteiger partial charge in [0.2, 0.25) is 0 Å². The van der Waals surface area contributed by atoms with Gasteiger partial charge in [0, 0.05) is 0 Å². The Kier molecular flexibility index (Phi) is 6.03. The van der Waals surface area contributed by atoms with Crippen molar-refractivity contribution in [1.29, 1.82) is 0 Å². The van der Waals surface area contributed by atoms with Gasteiger partial charge in [0.1, 0.15) is 5.60 Å². The van der Waals surface area contributed by atoms with E-state index in [1.165, 1.54) is 0 Å². The Morgan fingerprint density at radius 3 is 2.19 bits per heavy atom. The van der Waals surface area contributed by atoms with Crippen molar-refractivity contribution in [2.45, 2.75) is 52.6 Å². The van der Waals surface area contributed by atoms with Crippen LogP contribution < -0.4 is 5.90 Å². The molecule has 0 fully saturated rings. The van der Waals surface area contributed by atoms with E-state index in [0.717, 1.165) is 12.8 Å². The lowest BCUT2D eigenvalue weighted by molar-refractivity contribution is -0.169. The van der Waals surface area contributed by atoms with Crippen LogP contribution in [0.1, 0.15) is 47.0 Å². The van der Waals surface area contributed by atoms with Gasteiger partial charge < -0.3 is 9.57 Å². The minimum Gasteiger partial charge on any atom is -0.459 e. The number of esters is 1. The van der Waals surface area contributed by atoms with Crippen molar-refractivity contribution in [2.24, 2.45) is 11.8 Å². The van der Waals surface area contributed by atoms with Gasteiger partial charge in [-0.3, -0.25) is 4.79 Å². The van der Waals surface area contributed by atoms with Crippen LogP contribution >= 0.6 is 0 Å². The van der Waals surface area contributed by atoms with Crippen LogP contribution in [0.25, 0.3) is 0 Å². The molecule has 0 rings (SSSR count). The van der Waals surface area contributed by atoms with E-state index in [1.54, 1.807) is 20.8 Å². The molecular formula is C11H21NO4. The molecule has 5 nitrogen and oxygen atoms in total. The average molecular weight is 231 g/mol. The molecule has 0 aliphatic rings. The minimum atomic E-state index is -0.913. The maximum Gasteiger partial charge on any atom is 0.338 e. The number of rotatable bonds is 5. The van der Waals surface area contributed by atoms with Crippen LogP contribution in [0.3, 0.4) is 0 Å². The van der Waals surface area contributed by atoms with Crippen LogP contribution in [0.5, 0.6) is 0 Å². The summed E-state index contributed by atoms with van der Waals surface area (Å²) < 4.78 is 5.12. The minimum absolute atomic E-state index is 0.404. The van der Waals surface area contributed by atoms with Gasteiger partial charge in [-0.25, -0.2) is 4.79 Å². The molecule has 0 aromatic carbocycles. The fourth-order valence-corrected chi connectivity index (χ4v) is 1.20. The second-order valence-corrected chi connectivity index (χ2v) is 4.67. The molecule has 2 N–H and O–H groups in total. The third kappa shape index (κ3) is 5.70. The Morgan fingerprint density at radius 1 is 1.25 bits per heavy atom. The predicted molar refractivity (Wildman–Crippen MR) is 59.1 cm³/mol. The fourth-order valence-electron chi connectivity index (χ4n) is 1.20. The maximum absolute atomic E-state index is 11.7. The normalized spacial score (nSPS) is 13.1. The van der Waals surface area contributed by atoms with Gasteiger partial charge in [-0.1, -0.05) is 19.8 Å². The molecule has 1 unspecified atom stereocenters. The summed E-state index contributed by atoms with van der Waals surface area (Å²) >= 11 is 0. The van der Waals surface area contributed by atoms with E-state index in [9.17, 15) is 9.59 Å². The highest BCUT2D eigenvalue weighted by Gasteiger charge is 2.31. The first-order valence-corrected chi connectivity index (χ1v) is 5.45. The van der Waals surface area contributed by atoms with Gasteiger partial charge in [-0.15, -0.1) is 0 Å². The van der Waals surface area contributed by atoms with Gasteiger partial charge in [-0.2, -0.15) is 5.90 Å². The van der Waals surface area contributed by atoms with E-state index < -0.39 is 23.5 Å². The second kappa shape index (κ2) is 6.48. The Hall–Kier alpha value is -1.10. The predicted octanol–water partition coefficient (Wildman–Crippen LogP) is 1.55. The number of carbonyl (C=O) groups is 2. The summed E-state index contributed by atoms with van der Waals surface area (Å²) in [6.07, 6.45) is 2.04. The molecule has 0 aromatic rings. The number of unbranched alkanes of at least 4 members (excludes halogenated alkanes) is 1. The number of hydrogen-bond acceptors (Lipinski definition) is 5. The van der Waals surface area contributed by atoms with Gasteiger partial charge in [0.05, 0.1) is 0 Å². The van der Waals surface area contributed by atoms with E-state index in [0.29, 0.717) is 6.42 Å². The van der Waals surface area contributed by atoms with Crippen molar-refractivity contribution in [3.05, 3.63) is 0 Å². The molecule has 0 aromatic heterocycles. The highest BCUT2D eigenvalue weighted by molar-refractivity contribution is 5.94. The van der Waals surface area contributed by atoms with Crippen molar-refractivity contribution < 1.29 is 19.2 Å². The van der Waals surface area contributed by atoms with Crippen molar-refractivity contribution in [3.63, 3.8) is 0 Å². The number of ether oxygens (including phenoxy) is 1. The summed E-state index contributed by atoms with van der Waals surface area (Å²) in [4.78, 5) is 27.1. The molecular weight excluding hydrogens is 210 g/mol. The molecule has 0 aliphatic heterocycles. The van der Waals surface area contributed by atoms with Crippen molar-refractivity contribution in [1.82, 2.24) is 0 Å². The molecule has 0 bridgehead atoms. The van der Waals surface area contributed by atoms with E-state index in [-0.39, 0.29) is 0 Å². The highest BCUT2D eigenvalue weighted by Crippen LogP contribution is 2.16. The van der Waals surface area contributed by atoms with Crippen LogP contribution in [0.2, 0.25) is 0 Å². The summed E-state index contributed by atoms with van der Waals surface area (Å²) in [7, 11) is 0. The van der Waals surface area contributed by atoms with Crippen LogP contribution in [0.15, 0.2) is 0 Å². The molecule has 5 heteroatoms. The van der Waals surface area contributed by atoms with Crippen molar-refractivity contribution >= 4 is 11.9 Å². The molecule has 1 atom stereocenters. The number of nitrogens with two attached hydrogens (primary N) is 1. The number of carbonyl (C=O) groups excluding carboxylic acids is 2. The van der Waals surface area contributed by atoms with E-state index >= 15 is 0 Å². The van der Waals surface area contributed by atoms with E-state index in [4.69, 9.17) is 10.6 Å². The third-order valence-electron chi connectivity index (χ3n) is 1.94. The van der Waals surface area contributed by atoms with Gasteiger partial charge in [0.15, 0.2) is 5.92 Å². The lowest BCUT2D eigenvalue weighted by Gasteiger charge is -2.22. The lowest BCUT2D eigenvalue weighted by atomic mass is 10.0. The topological polar surface area (TPSA) is 78.6 Å². The molecule has 0 spiro atoms. The third-order valence-corrected chi connectivity index (χ3v) is 1.94. The number of hydrogen-bond donors (Lipinski definition) is 1. The van der Waals surface area contributed by atoms with E-state index in [1.807, 2.05) is 6.92 Å². The first-order valence-electron chi connectivity index (χ1n) is 5.45. The maximum atomic E-state index is 11.7. The standard InChI is InChI=1S/C11H21NO4/c1-5-6-7-8(10(14)16-12)9(13)15-11(2,3)4/h8H,5-7,12H2,1-4H3. The molecule has 0 radical (unpaired) electrons. The molecule has 0 saturated carbocycles. The summed E-state index contributed by atoms with van der Waals surface area (Å²) in [6.45, 7) is 7.21. The van der Waals surface area contributed by atoms with Crippen LogP contribution in [0.4, 0.5) is 0 Å². The molecule has 0 aliphatic carbocycles. The summed E-state index contributed by atoms with van der Waals surface area (Å²) in [6, 6.07) is 0. The zero-order valence-electron chi connectivity index (χ0n) is 10.4. The largest absolute Gasteiger partial charge is 0.459 e. The van der Waals surface area contributed by atoms with Crippen molar-refractivity contribution in [3.8, 4) is 0 Å². The van der Waals surface area contributed by atoms with Gasteiger partial charge in [0.25, 0.3) is 0 Å². The SMILES string of the molecule is CCCCC(C(=O)ON)C(=O)OC(C)(C)C. The first-order chi connectivity index (χ1) is 7.31. The lowest BCUT2D eigenvalue weighted by Crippen LogP contribution is -2.34. The molecule has 0 heterocycles. The first kappa shape index (κ1) is 14.9. The van der Waals surface area contributed by atoms with Crippen LogP contribution in [-0.4, -0.2) is 17.5 Å². The van der Waals surface area contributed by atoms with Gasteiger partial charge >= 0.3 is 11.9 Å². The average Bonchev–Trinajstić information content (AvgIpc) is 2.15. The Morgan fingerprint density at radius 2 is 1.81 bits per heavy atom. The zero-order valence-corrected chi connectivity index (χ0v) is 10.4. The Balaban J connectivity index is 4.50. The molecule has 16 heavy (non-hydrogen) atoms. The second-order valence-electron chi connectivity index (χ2n) is 4.67. The molecule has 94 valence electrons. The van der Waals surface area contributed by atoms with Crippen LogP contribution in [-0.2, 0) is 19.2 Å². The Labute approximate surface area is 96.2 Å². The monoisotopic (exact) mass is 231 g/mol. The fraction of sp³-hybridized carbons (Fsp3) is 0.818. The summed E-state index contributed by atoms with van der Waals surface area (Å²) in [5, 5.41) is 0. The van der Waals surface area contributed by atoms with Gasteiger partial charge in [-0.05, 0) is 27.2 Å². The van der Waals surface area contributed by atoms with Crippen molar-refractivity contribution in [2.75, 3.05) is 0 Å². The highest BCUT2D eigenvalue weighted by atomic mass is 16.7. The summed E-state index contributed by atoms with van der Waals surface area (Å²) in [5.41, 5.74) is -0.615.